The van der Waals surface area contributed by atoms with E-state index >= 15 is 0 Å². The summed E-state index contributed by atoms with van der Waals surface area (Å²) in [5.74, 6) is -2.74. The van der Waals surface area contributed by atoms with Gasteiger partial charge in [-0.1, -0.05) is 15.9 Å². The minimum atomic E-state index is -2.74. The van der Waals surface area contributed by atoms with E-state index in [2.05, 4.69) is 15.9 Å². The molecule has 1 heterocycles. The molecule has 0 amide bonds. The quantitative estimate of drug-likeness (QED) is 0.704. The van der Waals surface area contributed by atoms with Gasteiger partial charge >= 0.3 is 0 Å². The number of alkyl halides is 2. The topological polar surface area (TPSA) is 0 Å². The molecule has 0 fully saturated rings. The molecule has 0 aliphatic rings. The third kappa shape index (κ3) is 1.81. The van der Waals surface area contributed by atoms with Gasteiger partial charge in [-0.15, -0.1) is 11.3 Å². The maximum Gasteiger partial charge on any atom is 0.279 e. The molecule has 14 heavy (non-hydrogen) atoms. The highest BCUT2D eigenvalue weighted by atomic mass is 79.9. The van der Waals surface area contributed by atoms with Crippen LogP contribution in [-0.2, 0) is 5.92 Å². The van der Waals surface area contributed by atoms with E-state index in [0.29, 0.717) is 0 Å². The van der Waals surface area contributed by atoms with Gasteiger partial charge in [0.2, 0.25) is 0 Å². The van der Waals surface area contributed by atoms with Gasteiger partial charge in [0.05, 0.1) is 4.88 Å². The zero-order chi connectivity index (χ0) is 10.3. The molecule has 2 aromatic rings. The summed E-state index contributed by atoms with van der Waals surface area (Å²) in [4.78, 5) is 0.116. The Morgan fingerprint density at radius 3 is 2.64 bits per heavy atom. The lowest BCUT2D eigenvalue weighted by Crippen LogP contribution is -2.02. The van der Waals surface area contributed by atoms with Crippen LogP contribution in [0.15, 0.2) is 28.7 Å². The fraction of sp³-hybridized carbons (Fsp3) is 0.200. The van der Waals surface area contributed by atoms with E-state index in [1.165, 1.54) is 0 Å². The highest BCUT2D eigenvalue weighted by molar-refractivity contribution is 9.10. The minimum Gasteiger partial charge on any atom is -0.201 e. The van der Waals surface area contributed by atoms with Crippen LogP contribution in [0.2, 0.25) is 0 Å². The second-order valence-electron chi connectivity index (χ2n) is 3.18. The summed E-state index contributed by atoms with van der Waals surface area (Å²) in [7, 11) is 0. The molecule has 1 aromatic carbocycles. The highest BCUT2D eigenvalue weighted by Crippen LogP contribution is 2.37. The summed E-state index contributed by atoms with van der Waals surface area (Å²) in [5, 5.41) is 0.862. The summed E-state index contributed by atoms with van der Waals surface area (Å²) in [5.41, 5.74) is 0. The second-order valence-corrected chi connectivity index (χ2v) is 5.18. The van der Waals surface area contributed by atoms with E-state index in [9.17, 15) is 8.78 Å². The van der Waals surface area contributed by atoms with Crippen molar-refractivity contribution in [1.29, 1.82) is 0 Å². The minimum absolute atomic E-state index is 0.116. The van der Waals surface area contributed by atoms with E-state index in [1.807, 2.05) is 18.2 Å². The van der Waals surface area contributed by atoms with Gasteiger partial charge in [-0.05, 0) is 29.7 Å². The molecular formula is C10H7BrF2S. The largest absolute Gasteiger partial charge is 0.279 e. The smallest absolute Gasteiger partial charge is 0.201 e. The lowest BCUT2D eigenvalue weighted by atomic mass is 10.2. The van der Waals surface area contributed by atoms with E-state index in [1.54, 1.807) is 6.07 Å². The number of halogens is 3. The summed E-state index contributed by atoms with van der Waals surface area (Å²) in [6, 6.07) is 7.10. The monoisotopic (exact) mass is 276 g/mol. The number of hydrogen-bond acceptors (Lipinski definition) is 1. The molecule has 74 valence electrons. The van der Waals surface area contributed by atoms with Crippen molar-refractivity contribution in [3.05, 3.63) is 33.6 Å². The van der Waals surface area contributed by atoms with Crippen LogP contribution in [0.4, 0.5) is 8.78 Å². The van der Waals surface area contributed by atoms with Gasteiger partial charge in [0, 0.05) is 16.1 Å². The Hall–Kier alpha value is -0.480. The maximum atomic E-state index is 13.0. The molecule has 2 rings (SSSR count). The average Bonchev–Trinajstić information content (AvgIpc) is 2.45. The van der Waals surface area contributed by atoms with Crippen LogP contribution in [-0.4, -0.2) is 0 Å². The lowest BCUT2D eigenvalue weighted by Gasteiger charge is -2.04. The molecule has 4 heteroatoms. The summed E-state index contributed by atoms with van der Waals surface area (Å²) >= 11 is 4.45. The van der Waals surface area contributed by atoms with Crippen LogP contribution in [0.1, 0.15) is 11.8 Å². The first kappa shape index (κ1) is 10.1. The Kier molecular flexibility index (Phi) is 2.35. The second kappa shape index (κ2) is 3.28. The van der Waals surface area contributed by atoms with E-state index in [4.69, 9.17) is 0 Å². The van der Waals surface area contributed by atoms with Crippen LogP contribution in [0, 0.1) is 0 Å². The van der Waals surface area contributed by atoms with Crippen molar-refractivity contribution in [3.8, 4) is 0 Å². The number of thiophene rings is 1. The first-order valence-electron chi connectivity index (χ1n) is 4.04. The zero-order valence-electron chi connectivity index (χ0n) is 7.35. The van der Waals surface area contributed by atoms with Crippen LogP contribution in [0.5, 0.6) is 0 Å². The number of rotatable bonds is 1. The first-order valence-corrected chi connectivity index (χ1v) is 5.65. The SMILES string of the molecule is CC(F)(F)c1cc2cc(Br)ccc2s1. The molecule has 0 saturated heterocycles. The molecule has 0 spiro atoms. The normalized spacial score (nSPS) is 12.3. The van der Waals surface area contributed by atoms with Crippen LogP contribution in [0.3, 0.4) is 0 Å². The molecule has 0 nitrogen and oxygen atoms in total. The van der Waals surface area contributed by atoms with Crippen molar-refractivity contribution < 1.29 is 8.78 Å². The summed E-state index contributed by atoms with van der Waals surface area (Å²) in [6.45, 7) is 0.923. The summed E-state index contributed by atoms with van der Waals surface area (Å²) in [6.07, 6.45) is 0. The standard InChI is InChI=1S/C10H7BrF2S/c1-10(12,13)9-5-6-4-7(11)2-3-8(6)14-9/h2-5H,1H3. The molecule has 0 bridgehead atoms. The van der Waals surface area contributed by atoms with Crippen molar-refractivity contribution in [2.45, 2.75) is 12.8 Å². The number of hydrogen-bond donors (Lipinski definition) is 0. The van der Waals surface area contributed by atoms with E-state index in [-0.39, 0.29) is 4.88 Å². The Balaban J connectivity index is 2.63. The Bertz CT molecular complexity index is 470. The molecule has 0 atom stereocenters. The highest BCUT2D eigenvalue weighted by Gasteiger charge is 2.26. The van der Waals surface area contributed by atoms with Gasteiger partial charge in [0.1, 0.15) is 0 Å². The van der Waals surface area contributed by atoms with Crippen LogP contribution in [0.25, 0.3) is 10.1 Å². The molecule has 0 saturated carbocycles. The maximum absolute atomic E-state index is 13.0. The van der Waals surface area contributed by atoms with Gasteiger partial charge in [-0.25, -0.2) is 8.78 Å². The lowest BCUT2D eigenvalue weighted by molar-refractivity contribution is 0.0216. The predicted molar refractivity (Wildman–Crippen MR) is 59.1 cm³/mol. The van der Waals surface area contributed by atoms with Crippen molar-refractivity contribution in [1.82, 2.24) is 0 Å². The van der Waals surface area contributed by atoms with Crippen molar-refractivity contribution >= 4 is 37.4 Å². The Morgan fingerprint density at radius 1 is 1.29 bits per heavy atom. The molecule has 0 radical (unpaired) electrons. The van der Waals surface area contributed by atoms with Crippen molar-refractivity contribution in [3.63, 3.8) is 0 Å². The average molecular weight is 277 g/mol. The zero-order valence-corrected chi connectivity index (χ0v) is 9.75. The summed E-state index contributed by atoms with van der Waals surface area (Å²) < 4.78 is 27.8. The molecule has 0 aliphatic heterocycles. The molecule has 0 aliphatic carbocycles. The van der Waals surface area contributed by atoms with E-state index < -0.39 is 5.92 Å². The van der Waals surface area contributed by atoms with Gasteiger partial charge in [-0.3, -0.25) is 0 Å². The molecule has 0 N–H and O–H groups in total. The van der Waals surface area contributed by atoms with E-state index in [0.717, 1.165) is 32.8 Å². The Labute approximate surface area is 92.7 Å². The fourth-order valence-electron chi connectivity index (χ4n) is 1.23. The molecule has 1 aromatic heterocycles. The van der Waals surface area contributed by atoms with Crippen LogP contribution < -0.4 is 0 Å². The van der Waals surface area contributed by atoms with Gasteiger partial charge < -0.3 is 0 Å². The van der Waals surface area contributed by atoms with Gasteiger partial charge in [-0.2, -0.15) is 0 Å². The molecule has 0 unspecified atom stereocenters. The third-order valence-corrected chi connectivity index (χ3v) is 3.69. The number of fused-ring (bicyclic) bond motifs is 1. The Morgan fingerprint density at radius 2 is 2.00 bits per heavy atom. The third-order valence-electron chi connectivity index (χ3n) is 1.91. The van der Waals surface area contributed by atoms with Crippen LogP contribution >= 0.6 is 27.3 Å². The van der Waals surface area contributed by atoms with Crippen molar-refractivity contribution in [2.24, 2.45) is 0 Å². The van der Waals surface area contributed by atoms with Gasteiger partial charge in [0.25, 0.3) is 5.92 Å². The first-order chi connectivity index (χ1) is 6.47. The molecular weight excluding hydrogens is 270 g/mol. The predicted octanol–water partition coefficient (Wildman–Crippen LogP) is 4.78. The number of benzene rings is 1. The van der Waals surface area contributed by atoms with Crippen molar-refractivity contribution in [2.75, 3.05) is 0 Å². The van der Waals surface area contributed by atoms with Gasteiger partial charge in [0.15, 0.2) is 0 Å². The fourth-order valence-corrected chi connectivity index (χ4v) is 2.58.